The first kappa shape index (κ1) is 47.9. The van der Waals surface area contributed by atoms with Crippen LogP contribution in [-0.4, -0.2) is 50.3 Å². The van der Waals surface area contributed by atoms with Gasteiger partial charge < -0.3 is 28.4 Å². The zero-order chi connectivity index (χ0) is 42.7. The second-order valence-electron chi connectivity index (χ2n) is 14.6. The summed E-state index contributed by atoms with van der Waals surface area (Å²) in [7, 11) is 0. The first-order valence-corrected chi connectivity index (χ1v) is 20.9. The smallest absolute Gasteiger partial charge is 0.343 e. The second-order valence-corrected chi connectivity index (χ2v) is 14.6. The predicted octanol–water partition coefficient (Wildman–Crippen LogP) is 11.5. The van der Waals surface area contributed by atoms with Crippen molar-refractivity contribution >= 4 is 23.9 Å². The highest BCUT2D eigenvalue weighted by Gasteiger charge is 2.16. The topological polar surface area (TPSA) is 124 Å². The molecule has 0 spiro atoms. The van der Waals surface area contributed by atoms with Gasteiger partial charge in [-0.3, -0.25) is 0 Å². The van der Waals surface area contributed by atoms with Gasteiger partial charge in [0.2, 0.25) is 0 Å². The Kier molecular flexibility index (Phi) is 22.8. The Hall–Kier alpha value is -5.45. The molecule has 320 valence electrons. The van der Waals surface area contributed by atoms with Gasteiger partial charge in [0.25, 0.3) is 0 Å². The van der Waals surface area contributed by atoms with Gasteiger partial charge in [0, 0.05) is 17.2 Å². The molecule has 3 aromatic carbocycles. The fourth-order valence-electron chi connectivity index (χ4n) is 5.81. The van der Waals surface area contributed by atoms with Crippen LogP contribution in [-0.2, 0) is 19.1 Å². The van der Waals surface area contributed by atoms with Gasteiger partial charge in [-0.05, 0) is 100 Å². The lowest BCUT2D eigenvalue weighted by molar-refractivity contribution is -0.139. The van der Waals surface area contributed by atoms with E-state index in [9.17, 15) is 23.6 Å². The largest absolute Gasteiger partial charge is 0.494 e. The van der Waals surface area contributed by atoms with Crippen LogP contribution >= 0.6 is 0 Å². The number of hydrogen-bond acceptors (Lipinski definition) is 10. The monoisotopic (exact) mass is 816 g/mol. The van der Waals surface area contributed by atoms with Crippen molar-refractivity contribution < 1.29 is 52.0 Å². The lowest BCUT2D eigenvalue weighted by Crippen LogP contribution is -2.11. The summed E-state index contributed by atoms with van der Waals surface area (Å²) < 4.78 is 47.3. The van der Waals surface area contributed by atoms with E-state index in [0.29, 0.717) is 49.1 Å². The van der Waals surface area contributed by atoms with Crippen LogP contribution in [0.3, 0.4) is 0 Å². The molecule has 0 aliphatic heterocycles. The highest BCUT2D eigenvalue weighted by molar-refractivity contribution is 5.92. The van der Waals surface area contributed by atoms with Crippen molar-refractivity contribution in [2.75, 3.05) is 26.4 Å². The third kappa shape index (κ3) is 20.2. The average molecular weight is 817 g/mol. The Morgan fingerprint density at radius 2 is 0.797 bits per heavy atom. The van der Waals surface area contributed by atoms with E-state index < -0.39 is 17.8 Å². The highest BCUT2D eigenvalue weighted by atomic mass is 19.1. The summed E-state index contributed by atoms with van der Waals surface area (Å²) in [6.45, 7) is 12.4. The molecule has 10 nitrogen and oxygen atoms in total. The maximum atomic E-state index is 14.9. The third-order valence-corrected chi connectivity index (χ3v) is 9.27. The molecule has 3 rings (SSSR count). The Bertz CT molecular complexity index is 1770. The number of halogens is 1. The molecule has 0 bridgehead atoms. The van der Waals surface area contributed by atoms with E-state index in [1.165, 1.54) is 12.1 Å². The molecule has 0 saturated heterocycles. The molecule has 0 N–H and O–H groups in total. The van der Waals surface area contributed by atoms with E-state index in [1.54, 1.807) is 62.4 Å². The van der Waals surface area contributed by atoms with Gasteiger partial charge in [0.1, 0.15) is 17.2 Å². The van der Waals surface area contributed by atoms with Crippen molar-refractivity contribution in [3.63, 3.8) is 0 Å². The van der Waals surface area contributed by atoms with Crippen molar-refractivity contribution in [2.24, 2.45) is 0 Å². The fourth-order valence-corrected chi connectivity index (χ4v) is 5.81. The summed E-state index contributed by atoms with van der Waals surface area (Å²) in [5.74, 6) is -1.98. The van der Waals surface area contributed by atoms with Crippen LogP contribution in [0.2, 0.25) is 0 Å². The number of ether oxygens (including phenoxy) is 6. The molecular formula is C48H61FO10. The molecule has 0 radical (unpaired) electrons. The van der Waals surface area contributed by atoms with Gasteiger partial charge in [-0.1, -0.05) is 90.2 Å². The highest BCUT2D eigenvalue weighted by Crippen LogP contribution is 2.25. The van der Waals surface area contributed by atoms with Crippen molar-refractivity contribution in [1.82, 2.24) is 0 Å². The molecule has 0 fully saturated rings. The van der Waals surface area contributed by atoms with Gasteiger partial charge in [0.15, 0.2) is 11.6 Å². The molecule has 11 heteroatoms. The standard InChI is InChI=1S/C48H61FO10/c1-36(2)45(50)56-33-19-15-11-7-5-9-13-17-31-54-40-25-21-38(22-26-40)47(52)58-42-29-30-44(43(49)35-42)59-48(53)39-23-27-41(28-24-39)55-32-18-14-10-6-8-12-16-20-34-57-46(51)37(3)4/h21-30,35H,1,3,5-20,31-34H2,2,4H3. The van der Waals surface area contributed by atoms with Crippen molar-refractivity contribution in [3.8, 4) is 23.0 Å². The van der Waals surface area contributed by atoms with Gasteiger partial charge >= 0.3 is 23.9 Å². The quantitative estimate of drug-likeness (QED) is 0.0278. The number of unbranched alkanes of at least 4 members (excludes halogenated alkanes) is 14. The Morgan fingerprint density at radius 1 is 0.458 bits per heavy atom. The molecule has 0 atom stereocenters. The Balaban J connectivity index is 1.25. The molecule has 0 amide bonds. The van der Waals surface area contributed by atoms with E-state index >= 15 is 0 Å². The van der Waals surface area contributed by atoms with Gasteiger partial charge in [0.05, 0.1) is 37.6 Å². The summed E-state index contributed by atoms with van der Waals surface area (Å²) in [4.78, 5) is 48.1. The molecule has 0 heterocycles. The molecule has 3 aromatic rings. The number of carbonyl (C=O) groups is 4. The van der Waals surface area contributed by atoms with Crippen LogP contribution in [0.25, 0.3) is 0 Å². The third-order valence-electron chi connectivity index (χ3n) is 9.27. The fraction of sp³-hybridized carbons (Fsp3) is 0.458. The minimum Gasteiger partial charge on any atom is -0.494 e. The first-order chi connectivity index (χ1) is 28.5. The summed E-state index contributed by atoms with van der Waals surface area (Å²) in [6.07, 6.45) is 16.8. The molecule has 59 heavy (non-hydrogen) atoms. The van der Waals surface area contributed by atoms with Crippen LogP contribution < -0.4 is 18.9 Å². The predicted molar refractivity (Wildman–Crippen MR) is 226 cm³/mol. The van der Waals surface area contributed by atoms with Crippen molar-refractivity contribution in [3.05, 3.63) is 108 Å². The van der Waals surface area contributed by atoms with Gasteiger partial charge in [-0.15, -0.1) is 0 Å². The lowest BCUT2D eigenvalue weighted by Gasteiger charge is -2.10. The van der Waals surface area contributed by atoms with Crippen LogP contribution in [0.5, 0.6) is 23.0 Å². The summed E-state index contributed by atoms with van der Waals surface area (Å²) in [5.41, 5.74) is 1.36. The van der Waals surface area contributed by atoms with Crippen LogP contribution in [0.15, 0.2) is 91.0 Å². The normalized spacial score (nSPS) is 10.7. The molecule has 0 aliphatic rings. The minimum atomic E-state index is -0.854. The first-order valence-electron chi connectivity index (χ1n) is 20.9. The van der Waals surface area contributed by atoms with Crippen LogP contribution in [0, 0.1) is 5.82 Å². The van der Waals surface area contributed by atoms with Crippen LogP contribution in [0.4, 0.5) is 4.39 Å². The molecule has 0 aromatic heterocycles. The van der Waals surface area contributed by atoms with Crippen molar-refractivity contribution in [1.29, 1.82) is 0 Å². The van der Waals surface area contributed by atoms with E-state index in [2.05, 4.69) is 13.2 Å². The molecule has 0 saturated carbocycles. The van der Waals surface area contributed by atoms with Crippen LogP contribution in [0.1, 0.15) is 137 Å². The van der Waals surface area contributed by atoms with Gasteiger partial charge in [-0.2, -0.15) is 0 Å². The molecular weight excluding hydrogens is 756 g/mol. The van der Waals surface area contributed by atoms with E-state index in [1.807, 2.05) is 0 Å². The lowest BCUT2D eigenvalue weighted by atomic mass is 10.1. The number of hydrogen-bond donors (Lipinski definition) is 0. The minimum absolute atomic E-state index is 0.0334. The maximum absolute atomic E-state index is 14.9. The Labute approximate surface area is 349 Å². The summed E-state index contributed by atoms with van der Waals surface area (Å²) in [5, 5.41) is 0. The number of carbonyl (C=O) groups excluding carboxylic acids is 4. The zero-order valence-corrected chi connectivity index (χ0v) is 34.9. The zero-order valence-electron chi connectivity index (χ0n) is 34.9. The maximum Gasteiger partial charge on any atom is 0.343 e. The summed E-state index contributed by atoms with van der Waals surface area (Å²) in [6, 6.07) is 16.6. The van der Waals surface area contributed by atoms with E-state index in [-0.39, 0.29) is 34.6 Å². The number of benzene rings is 3. The number of esters is 4. The van der Waals surface area contributed by atoms with E-state index in [4.69, 9.17) is 28.4 Å². The van der Waals surface area contributed by atoms with E-state index in [0.717, 1.165) is 109 Å². The van der Waals surface area contributed by atoms with Crippen molar-refractivity contribution in [2.45, 2.75) is 117 Å². The second kappa shape index (κ2) is 28.1. The number of rotatable bonds is 30. The molecule has 0 aliphatic carbocycles. The average Bonchev–Trinajstić information content (AvgIpc) is 3.22. The SMILES string of the molecule is C=C(C)C(=O)OCCCCCCCCCCOc1ccc(C(=O)Oc2ccc(OC(=O)c3ccc(OCCCCCCCCCCOC(=O)C(=C)C)cc3)c(F)c2)cc1. The Morgan fingerprint density at radius 3 is 1.17 bits per heavy atom. The summed E-state index contributed by atoms with van der Waals surface area (Å²) >= 11 is 0. The molecule has 0 unspecified atom stereocenters. The van der Waals surface area contributed by atoms with Gasteiger partial charge in [-0.25, -0.2) is 23.6 Å².